The molecule has 1 heterocycles. The second-order valence-electron chi connectivity index (χ2n) is 4.20. The lowest BCUT2D eigenvalue weighted by molar-refractivity contribution is -0.384. The van der Waals surface area contributed by atoms with E-state index in [-0.39, 0.29) is 16.9 Å². The molecule has 0 saturated heterocycles. The summed E-state index contributed by atoms with van der Waals surface area (Å²) in [6.45, 7) is 2.50. The Bertz CT molecular complexity index is 677. The molecule has 0 spiro atoms. The van der Waals surface area contributed by atoms with Crippen LogP contribution in [0.25, 0.3) is 11.3 Å². The van der Waals surface area contributed by atoms with Crippen molar-refractivity contribution in [2.75, 3.05) is 19.0 Å². The van der Waals surface area contributed by atoms with Gasteiger partial charge in [-0.2, -0.15) is 0 Å². The zero-order chi connectivity index (χ0) is 15.4. The minimum Gasteiger partial charge on any atom is -0.496 e. The van der Waals surface area contributed by atoms with Crippen LogP contribution in [0.15, 0.2) is 30.3 Å². The van der Waals surface area contributed by atoms with Crippen molar-refractivity contribution < 1.29 is 14.1 Å². The van der Waals surface area contributed by atoms with E-state index in [1.807, 2.05) is 6.92 Å². The Hall–Kier alpha value is -2.70. The van der Waals surface area contributed by atoms with Crippen LogP contribution in [-0.4, -0.2) is 23.6 Å². The van der Waals surface area contributed by atoms with Gasteiger partial charge in [0, 0.05) is 12.6 Å². The first-order valence-corrected chi connectivity index (χ1v) is 6.30. The fourth-order valence-electron chi connectivity index (χ4n) is 1.94. The van der Waals surface area contributed by atoms with Gasteiger partial charge in [-0.25, -0.2) is 9.37 Å². The largest absolute Gasteiger partial charge is 0.496 e. The number of anilines is 1. The van der Waals surface area contributed by atoms with E-state index in [1.165, 1.54) is 37.4 Å². The summed E-state index contributed by atoms with van der Waals surface area (Å²) in [6.07, 6.45) is 0. The van der Waals surface area contributed by atoms with Crippen LogP contribution in [0.1, 0.15) is 6.92 Å². The third kappa shape index (κ3) is 3.07. The van der Waals surface area contributed by atoms with Gasteiger partial charge in [-0.05, 0) is 31.2 Å². The van der Waals surface area contributed by atoms with E-state index in [1.54, 1.807) is 0 Å². The predicted octanol–water partition coefficient (Wildman–Crippen LogP) is 3.24. The Morgan fingerprint density at radius 3 is 2.76 bits per heavy atom. The first-order chi connectivity index (χ1) is 10.1. The smallest absolute Gasteiger partial charge is 0.295 e. The van der Waals surface area contributed by atoms with Gasteiger partial charge in [0.05, 0.1) is 17.6 Å². The fourth-order valence-corrected chi connectivity index (χ4v) is 1.94. The van der Waals surface area contributed by atoms with Gasteiger partial charge in [0.25, 0.3) is 5.69 Å². The van der Waals surface area contributed by atoms with Crippen molar-refractivity contribution >= 4 is 11.5 Å². The van der Waals surface area contributed by atoms with E-state index in [2.05, 4.69) is 10.3 Å². The molecule has 0 fully saturated rings. The van der Waals surface area contributed by atoms with Crippen LogP contribution in [0.5, 0.6) is 5.75 Å². The van der Waals surface area contributed by atoms with E-state index in [0.717, 1.165) is 0 Å². The summed E-state index contributed by atoms with van der Waals surface area (Å²) in [6, 6.07) is 6.66. The molecule has 6 nitrogen and oxygen atoms in total. The lowest BCUT2D eigenvalue weighted by atomic mass is 10.1. The molecule has 0 unspecified atom stereocenters. The molecule has 21 heavy (non-hydrogen) atoms. The molecule has 0 radical (unpaired) electrons. The number of pyridine rings is 1. The number of benzene rings is 1. The number of halogens is 1. The second kappa shape index (κ2) is 6.17. The summed E-state index contributed by atoms with van der Waals surface area (Å²) in [4.78, 5) is 14.8. The molecule has 2 aromatic rings. The zero-order valence-electron chi connectivity index (χ0n) is 11.6. The van der Waals surface area contributed by atoms with Gasteiger partial charge in [-0.1, -0.05) is 0 Å². The standard InChI is InChI=1S/C14H14FN3O3/c1-3-16-13-7-5-11(18(19)20)14(17-13)10-8-9(15)4-6-12(10)21-2/h4-8H,3H2,1-2H3,(H,16,17). The van der Waals surface area contributed by atoms with Crippen molar-refractivity contribution in [2.24, 2.45) is 0 Å². The normalized spacial score (nSPS) is 10.2. The quantitative estimate of drug-likeness (QED) is 0.676. The summed E-state index contributed by atoms with van der Waals surface area (Å²) in [5.41, 5.74) is 0.0966. The van der Waals surface area contributed by atoms with Crippen LogP contribution in [0.2, 0.25) is 0 Å². The molecule has 110 valence electrons. The van der Waals surface area contributed by atoms with Gasteiger partial charge in [0.1, 0.15) is 17.4 Å². The Balaban J connectivity index is 2.67. The lowest BCUT2D eigenvalue weighted by Gasteiger charge is -2.10. The Kier molecular flexibility index (Phi) is 4.32. The fraction of sp³-hybridized carbons (Fsp3) is 0.214. The van der Waals surface area contributed by atoms with Crippen molar-refractivity contribution in [3.8, 4) is 17.0 Å². The van der Waals surface area contributed by atoms with E-state index < -0.39 is 10.7 Å². The number of aromatic nitrogens is 1. The van der Waals surface area contributed by atoms with Gasteiger partial charge < -0.3 is 10.1 Å². The van der Waals surface area contributed by atoms with Crippen LogP contribution in [0, 0.1) is 15.9 Å². The van der Waals surface area contributed by atoms with Gasteiger partial charge in [0.15, 0.2) is 5.69 Å². The highest BCUT2D eigenvalue weighted by atomic mass is 19.1. The van der Waals surface area contributed by atoms with Crippen molar-refractivity contribution in [2.45, 2.75) is 6.92 Å². The van der Waals surface area contributed by atoms with E-state index >= 15 is 0 Å². The van der Waals surface area contributed by atoms with Crippen LogP contribution >= 0.6 is 0 Å². The molecule has 1 N–H and O–H groups in total. The second-order valence-corrected chi connectivity index (χ2v) is 4.20. The third-order valence-corrected chi connectivity index (χ3v) is 2.85. The summed E-state index contributed by atoms with van der Waals surface area (Å²) < 4.78 is 18.6. The molecule has 0 saturated carbocycles. The van der Waals surface area contributed by atoms with Crippen molar-refractivity contribution in [1.82, 2.24) is 4.98 Å². The number of methoxy groups -OCH3 is 1. The van der Waals surface area contributed by atoms with Crippen molar-refractivity contribution in [3.05, 3.63) is 46.3 Å². The number of rotatable bonds is 5. The summed E-state index contributed by atoms with van der Waals surface area (Å²) in [7, 11) is 1.41. The van der Waals surface area contributed by atoms with E-state index in [4.69, 9.17) is 4.74 Å². The maximum Gasteiger partial charge on any atom is 0.295 e. The molecule has 1 aromatic carbocycles. The van der Waals surface area contributed by atoms with Crippen molar-refractivity contribution in [1.29, 1.82) is 0 Å². The number of nitro groups is 1. The first kappa shape index (κ1) is 14.7. The molecule has 0 atom stereocenters. The average molecular weight is 291 g/mol. The number of hydrogen-bond acceptors (Lipinski definition) is 5. The van der Waals surface area contributed by atoms with Gasteiger partial charge in [-0.15, -0.1) is 0 Å². The van der Waals surface area contributed by atoms with Crippen LogP contribution in [0.4, 0.5) is 15.9 Å². The molecular weight excluding hydrogens is 277 g/mol. The van der Waals surface area contributed by atoms with Crippen LogP contribution in [-0.2, 0) is 0 Å². The molecule has 0 aliphatic rings. The Labute approximate surface area is 120 Å². The van der Waals surface area contributed by atoms with Crippen LogP contribution in [0.3, 0.4) is 0 Å². The number of nitrogens with one attached hydrogen (secondary N) is 1. The Morgan fingerprint density at radius 1 is 1.38 bits per heavy atom. The molecule has 0 aliphatic heterocycles. The zero-order valence-corrected chi connectivity index (χ0v) is 11.6. The van der Waals surface area contributed by atoms with Crippen LogP contribution < -0.4 is 10.1 Å². The Morgan fingerprint density at radius 2 is 2.14 bits per heavy atom. The SMILES string of the molecule is CCNc1ccc([N+](=O)[O-])c(-c2cc(F)ccc2OC)n1. The maximum absolute atomic E-state index is 13.5. The first-order valence-electron chi connectivity index (χ1n) is 6.30. The molecule has 0 amide bonds. The third-order valence-electron chi connectivity index (χ3n) is 2.85. The molecule has 0 aliphatic carbocycles. The number of hydrogen-bond donors (Lipinski definition) is 1. The summed E-state index contributed by atoms with van der Waals surface area (Å²) >= 11 is 0. The molecular formula is C14H14FN3O3. The number of nitrogens with zero attached hydrogens (tertiary/aromatic N) is 2. The predicted molar refractivity (Wildman–Crippen MR) is 77.0 cm³/mol. The highest BCUT2D eigenvalue weighted by molar-refractivity contribution is 5.76. The summed E-state index contributed by atoms with van der Waals surface area (Å²) in [5.74, 6) is 0.279. The van der Waals surface area contributed by atoms with E-state index in [9.17, 15) is 14.5 Å². The van der Waals surface area contributed by atoms with Gasteiger partial charge in [0.2, 0.25) is 0 Å². The lowest BCUT2D eigenvalue weighted by Crippen LogP contribution is -2.03. The summed E-state index contributed by atoms with van der Waals surface area (Å²) in [5, 5.41) is 14.1. The minimum atomic E-state index is -0.553. The average Bonchev–Trinajstić information content (AvgIpc) is 2.47. The van der Waals surface area contributed by atoms with Gasteiger partial charge >= 0.3 is 0 Å². The molecule has 7 heteroatoms. The maximum atomic E-state index is 13.5. The van der Waals surface area contributed by atoms with E-state index in [0.29, 0.717) is 18.1 Å². The van der Waals surface area contributed by atoms with Crippen molar-refractivity contribution in [3.63, 3.8) is 0 Å². The minimum absolute atomic E-state index is 0.0646. The highest BCUT2D eigenvalue weighted by Gasteiger charge is 2.21. The monoisotopic (exact) mass is 291 g/mol. The van der Waals surface area contributed by atoms with Gasteiger partial charge in [-0.3, -0.25) is 10.1 Å². The topological polar surface area (TPSA) is 77.3 Å². The molecule has 0 bridgehead atoms. The number of ether oxygens (including phenoxy) is 1. The highest BCUT2D eigenvalue weighted by Crippen LogP contribution is 2.36. The molecule has 1 aromatic heterocycles. The molecule has 2 rings (SSSR count).